The van der Waals surface area contributed by atoms with Crippen LogP contribution in [0.15, 0.2) is 57.5 Å². The normalized spacial score (nSPS) is 16.0. The van der Waals surface area contributed by atoms with Gasteiger partial charge in [-0.3, -0.25) is 14.4 Å². The number of carbonyl (C=O) groups is 3. The molecule has 8 nitrogen and oxygen atoms in total. The predicted octanol–water partition coefficient (Wildman–Crippen LogP) is 8.40. The standard InChI is InChI=1S/C12H13BrO2.C7H11BrO2.C6H5BrO.C2H2O3S2.2CH4/c1-9(14)12(7-2-8-12)15-11-5-3-10(13)4-6-11;1-2-10-6(9)7(8)4-3-5-7;7-5-1-3-6(8)4-2-5;3-1-7(4,5)2-6;;/h3-6H,2,7-8H2,1H3;2-5H2,1H3;1-4,8H;1H,(H,4,5);2*1H4. The van der Waals surface area contributed by atoms with Gasteiger partial charge >= 0.3 is 5.97 Å². The van der Waals surface area contributed by atoms with Gasteiger partial charge in [0, 0.05) is 13.3 Å². The minimum Gasteiger partial charge on any atom is -0.508 e. The molecular formula is C29H39Br3O8S2. The van der Waals surface area contributed by atoms with Crippen molar-refractivity contribution in [3.8, 4) is 11.5 Å². The van der Waals surface area contributed by atoms with Crippen LogP contribution >= 0.6 is 60.0 Å². The van der Waals surface area contributed by atoms with Crippen LogP contribution in [-0.2, 0) is 28.9 Å². The van der Waals surface area contributed by atoms with E-state index < -0.39 is 15.4 Å². The lowest BCUT2D eigenvalue weighted by Crippen LogP contribution is -2.49. The molecule has 2 fully saturated rings. The number of thiocarbonyl (C=S) groups is 1. The largest absolute Gasteiger partial charge is 0.508 e. The molecule has 0 heterocycles. The zero-order valence-electron chi connectivity index (χ0n) is 21.9. The van der Waals surface area contributed by atoms with Crippen molar-refractivity contribution in [2.75, 3.05) is 6.61 Å². The van der Waals surface area contributed by atoms with Crippen molar-refractivity contribution < 1.29 is 37.7 Å². The fraction of sp³-hybridized carbons (Fsp3) is 0.448. The highest BCUT2D eigenvalue weighted by Gasteiger charge is 2.44. The van der Waals surface area contributed by atoms with Crippen molar-refractivity contribution in [2.45, 2.75) is 77.2 Å². The van der Waals surface area contributed by atoms with Crippen LogP contribution in [0.2, 0.25) is 0 Å². The van der Waals surface area contributed by atoms with Crippen molar-refractivity contribution in [2.24, 2.45) is 0 Å². The average molecular weight is 819 g/mol. The number of phenolic OH excluding ortho intramolecular Hbond substituents is 1. The van der Waals surface area contributed by atoms with Gasteiger partial charge in [-0.2, -0.15) is 0 Å². The molecule has 13 heteroatoms. The van der Waals surface area contributed by atoms with E-state index in [4.69, 9.17) is 19.1 Å². The smallest absolute Gasteiger partial charge is 0.322 e. The van der Waals surface area contributed by atoms with Crippen LogP contribution in [0, 0.1) is 0 Å². The molecule has 1 atom stereocenters. The maximum Gasteiger partial charge on any atom is 0.322 e. The molecule has 0 aliphatic heterocycles. The number of halogens is 3. The molecule has 1 unspecified atom stereocenters. The number of hydrogen-bond donors (Lipinski definition) is 2. The molecule has 236 valence electrons. The molecule has 42 heavy (non-hydrogen) atoms. The van der Waals surface area contributed by atoms with Gasteiger partial charge in [0.25, 0.3) is 0 Å². The molecule has 2 aromatic rings. The van der Waals surface area contributed by atoms with Crippen molar-refractivity contribution >= 4 is 91.5 Å². The number of alkyl halides is 1. The number of ether oxygens (including phenoxy) is 2. The Morgan fingerprint density at radius 3 is 1.71 bits per heavy atom. The molecule has 0 spiro atoms. The number of aromatic hydroxyl groups is 1. The number of phenols is 1. The summed E-state index contributed by atoms with van der Waals surface area (Å²) < 4.78 is 31.8. The summed E-state index contributed by atoms with van der Waals surface area (Å²) in [5, 5.41) is 8.74. The Morgan fingerprint density at radius 1 is 1.00 bits per heavy atom. The molecular weight excluding hydrogens is 780 g/mol. The molecule has 2 aliphatic rings. The first-order valence-electron chi connectivity index (χ1n) is 12.1. The monoisotopic (exact) mass is 816 g/mol. The SMILES string of the molecule is C.C.CC(=O)C1(Oc2ccc(Br)cc2)CCC1.CCOC(=O)C1(Br)CCC1.O=CS(=O)(O)=C=S.Oc1ccc(Br)cc1. The Morgan fingerprint density at radius 2 is 1.45 bits per heavy atom. The summed E-state index contributed by atoms with van der Waals surface area (Å²) in [6.45, 7) is 3.91. The zero-order chi connectivity index (χ0) is 30.4. The van der Waals surface area contributed by atoms with E-state index in [0.29, 0.717) is 12.4 Å². The first-order chi connectivity index (χ1) is 18.7. The maximum atomic E-state index is 11.5. The summed E-state index contributed by atoms with van der Waals surface area (Å²) in [7, 11) is -3.52. The lowest BCUT2D eigenvalue weighted by molar-refractivity contribution is -0.148. The van der Waals surface area contributed by atoms with E-state index in [1.807, 2.05) is 31.2 Å². The number of ketones is 1. The molecule has 0 bridgehead atoms. The third kappa shape index (κ3) is 14.7. The number of benzene rings is 2. The number of esters is 1. The van der Waals surface area contributed by atoms with E-state index in [1.54, 1.807) is 31.2 Å². The second kappa shape index (κ2) is 20.4. The van der Waals surface area contributed by atoms with E-state index >= 15 is 0 Å². The van der Waals surface area contributed by atoms with Crippen LogP contribution in [0.1, 0.15) is 67.2 Å². The highest BCUT2D eigenvalue weighted by atomic mass is 79.9. The summed E-state index contributed by atoms with van der Waals surface area (Å²) in [6, 6.07) is 14.4. The van der Waals surface area contributed by atoms with Gasteiger partial charge in [0.05, 0.1) is 6.61 Å². The quantitative estimate of drug-likeness (QED) is 0.128. The van der Waals surface area contributed by atoms with Gasteiger partial charge in [0.2, 0.25) is 5.62 Å². The maximum absolute atomic E-state index is 11.5. The Labute approximate surface area is 280 Å². The minimum atomic E-state index is -3.52. The van der Waals surface area contributed by atoms with E-state index in [-0.39, 0.29) is 36.5 Å². The van der Waals surface area contributed by atoms with Gasteiger partial charge in [0.15, 0.2) is 21.2 Å². The predicted molar refractivity (Wildman–Crippen MR) is 184 cm³/mol. The molecule has 4 rings (SSSR count). The van der Waals surface area contributed by atoms with Gasteiger partial charge in [-0.25, -0.2) is 4.21 Å². The molecule has 0 saturated heterocycles. The highest BCUT2D eigenvalue weighted by Crippen LogP contribution is 2.41. The Balaban J connectivity index is 0. The van der Waals surface area contributed by atoms with Crippen LogP contribution in [0.25, 0.3) is 0 Å². The van der Waals surface area contributed by atoms with Crippen molar-refractivity contribution in [1.29, 1.82) is 0 Å². The minimum absolute atomic E-state index is 0. The molecule has 0 radical (unpaired) electrons. The fourth-order valence-electron chi connectivity index (χ4n) is 3.16. The van der Waals surface area contributed by atoms with Crippen LogP contribution in [0.5, 0.6) is 11.5 Å². The van der Waals surface area contributed by atoms with Crippen molar-refractivity contribution in [3.05, 3.63) is 57.5 Å². The highest BCUT2D eigenvalue weighted by molar-refractivity contribution is 9.11. The van der Waals surface area contributed by atoms with Crippen LogP contribution < -0.4 is 4.74 Å². The molecule has 0 amide bonds. The van der Waals surface area contributed by atoms with Gasteiger partial charge < -0.3 is 19.1 Å². The van der Waals surface area contributed by atoms with Crippen LogP contribution in [0.4, 0.5) is 0 Å². The van der Waals surface area contributed by atoms with E-state index in [1.165, 1.54) is 4.31 Å². The second-order valence-electron chi connectivity index (χ2n) is 8.72. The Hall–Kier alpha value is -1.60. The number of hydrogen-bond acceptors (Lipinski definition) is 8. The third-order valence-electron chi connectivity index (χ3n) is 5.79. The molecule has 2 N–H and O–H groups in total. The summed E-state index contributed by atoms with van der Waals surface area (Å²) in [5.41, 5.74) is -0.673. The molecule has 2 aliphatic carbocycles. The number of Topliss-reactive ketones (excluding diaryl/α,β-unsaturated/α-hetero) is 1. The summed E-state index contributed by atoms with van der Waals surface area (Å²) in [4.78, 5) is 32.0. The van der Waals surface area contributed by atoms with Gasteiger partial charge in [-0.15, -0.1) is 0 Å². The third-order valence-corrected chi connectivity index (χ3v) is 9.18. The summed E-state index contributed by atoms with van der Waals surface area (Å²) in [6.07, 6.45) is 5.74. The van der Waals surface area contributed by atoms with Gasteiger partial charge in [-0.1, -0.05) is 62.6 Å². The van der Waals surface area contributed by atoms with Crippen LogP contribution in [-0.4, -0.2) is 52.1 Å². The first-order valence-corrected chi connectivity index (χ1v) is 16.5. The first kappa shape index (κ1) is 42.5. The number of carbonyl (C=O) groups excluding carboxylic acids is 3. The topological polar surface area (TPSA) is 127 Å². The van der Waals surface area contributed by atoms with Crippen molar-refractivity contribution in [1.82, 2.24) is 0 Å². The Kier molecular flexibility index (Phi) is 20.6. The van der Waals surface area contributed by atoms with E-state index in [2.05, 4.69) is 60.0 Å². The summed E-state index contributed by atoms with van der Waals surface area (Å²) >= 11 is 13.8. The van der Waals surface area contributed by atoms with Gasteiger partial charge in [-0.05, 0) is 113 Å². The average Bonchev–Trinajstić information content (AvgIpc) is 2.88. The van der Waals surface area contributed by atoms with E-state index in [9.17, 15) is 18.6 Å². The summed E-state index contributed by atoms with van der Waals surface area (Å²) in [5.74, 6) is 1.11. The van der Waals surface area contributed by atoms with Gasteiger partial charge in [0.1, 0.15) is 15.8 Å². The zero-order valence-corrected chi connectivity index (χ0v) is 28.3. The van der Waals surface area contributed by atoms with E-state index in [0.717, 1.165) is 53.2 Å². The molecule has 2 aromatic carbocycles. The fourth-order valence-corrected chi connectivity index (χ4v) is 4.53. The lowest BCUT2D eigenvalue weighted by atomic mass is 9.77. The van der Waals surface area contributed by atoms with Crippen molar-refractivity contribution in [3.63, 3.8) is 0 Å². The molecule has 2 saturated carbocycles. The Bertz CT molecular complexity index is 1240. The van der Waals surface area contributed by atoms with Crippen LogP contribution in [0.3, 0.4) is 0 Å². The second-order valence-corrected chi connectivity index (χ2v) is 14.1. The number of rotatable bonds is 6. The molecule has 0 aromatic heterocycles. The lowest BCUT2D eigenvalue weighted by Gasteiger charge is -2.39.